The predicted molar refractivity (Wildman–Crippen MR) is 94.8 cm³/mol. The highest BCUT2D eigenvalue weighted by Crippen LogP contribution is 2.28. The zero-order chi connectivity index (χ0) is 18.4. The molecule has 0 atom stereocenters. The molecule has 3 heterocycles. The summed E-state index contributed by atoms with van der Waals surface area (Å²) in [6, 6.07) is 1.97. The van der Waals surface area contributed by atoms with Crippen LogP contribution in [0.5, 0.6) is 0 Å². The number of carboxylic acid groups (broad SMARTS) is 1. The Bertz CT molecular complexity index is 703. The molecule has 1 saturated heterocycles. The fourth-order valence-corrected chi connectivity index (χ4v) is 3.53. The van der Waals surface area contributed by atoms with E-state index >= 15 is 0 Å². The maximum absolute atomic E-state index is 9.00. The van der Waals surface area contributed by atoms with Crippen LogP contribution in [-0.2, 0) is 11.8 Å². The van der Waals surface area contributed by atoms with E-state index in [-0.39, 0.29) is 0 Å². The summed E-state index contributed by atoms with van der Waals surface area (Å²) in [6.45, 7) is 7.16. The van der Waals surface area contributed by atoms with Gasteiger partial charge in [0.15, 0.2) is 10.3 Å². The second-order valence-electron chi connectivity index (χ2n) is 5.98. The van der Waals surface area contributed by atoms with Crippen LogP contribution in [0, 0.1) is 13.8 Å². The van der Waals surface area contributed by atoms with E-state index in [2.05, 4.69) is 30.0 Å². The summed E-state index contributed by atoms with van der Waals surface area (Å²) < 4.78 is 2.08. The fraction of sp³-hybridized carbons (Fsp3) is 0.562. The molecule has 0 bridgehead atoms. The SMILES string of the molecule is CC(=O)O.Cc1cc(C)nc(Sc2nnc(C3CCNCC3)n2C)n1. The molecule has 8 nitrogen and oxygen atoms in total. The molecule has 1 aliphatic rings. The molecule has 0 unspecified atom stereocenters. The Kier molecular flexibility index (Phi) is 6.89. The van der Waals surface area contributed by atoms with Crippen LogP contribution in [0.25, 0.3) is 0 Å². The van der Waals surface area contributed by atoms with Gasteiger partial charge in [-0.25, -0.2) is 9.97 Å². The van der Waals surface area contributed by atoms with Gasteiger partial charge in [0.1, 0.15) is 5.82 Å². The third-order valence-corrected chi connectivity index (χ3v) is 4.62. The van der Waals surface area contributed by atoms with Crippen molar-refractivity contribution in [1.82, 2.24) is 30.0 Å². The summed E-state index contributed by atoms with van der Waals surface area (Å²) in [5, 5.41) is 21.1. The normalized spacial score (nSPS) is 14.7. The lowest BCUT2D eigenvalue weighted by Gasteiger charge is -2.21. The molecule has 0 aliphatic carbocycles. The van der Waals surface area contributed by atoms with Gasteiger partial charge in [-0.1, -0.05) is 0 Å². The second kappa shape index (κ2) is 8.91. The molecule has 136 valence electrons. The minimum atomic E-state index is -0.833. The van der Waals surface area contributed by atoms with E-state index in [9.17, 15) is 0 Å². The van der Waals surface area contributed by atoms with Gasteiger partial charge in [0.2, 0.25) is 0 Å². The Morgan fingerprint density at radius 3 is 2.36 bits per heavy atom. The number of carboxylic acids is 1. The largest absolute Gasteiger partial charge is 0.481 e. The van der Waals surface area contributed by atoms with Crippen LogP contribution in [-0.4, -0.2) is 48.9 Å². The number of aliphatic carboxylic acids is 1. The molecule has 3 rings (SSSR count). The second-order valence-corrected chi connectivity index (χ2v) is 6.91. The highest BCUT2D eigenvalue weighted by atomic mass is 32.2. The Morgan fingerprint density at radius 2 is 1.80 bits per heavy atom. The molecule has 0 amide bonds. The molecular weight excluding hydrogens is 340 g/mol. The summed E-state index contributed by atoms with van der Waals surface area (Å²) in [4.78, 5) is 17.9. The van der Waals surface area contributed by atoms with Crippen molar-refractivity contribution in [3.63, 3.8) is 0 Å². The van der Waals surface area contributed by atoms with Crippen molar-refractivity contribution in [3.8, 4) is 0 Å². The Morgan fingerprint density at radius 1 is 1.24 bits per heavy atom. The van der Waals surface area contributed by atoms with Crippen molar-refractivity contribution in [3.05, 3.63) is 23.3 Å². The van der Waals surface area contributed by atoms with Crippen LogP contribution in [0.3, 0.4) is 0 Å². The molecule has 2 aromatic heterocycles. The Labute approximate surface area is 151 Å². The van der Waals surface area contributed by atoms with E-state index in [1.165, 1.54) is 11.8 Å². The summed E-state index contributed by atoms with van der Waals surface area (Å²) >= 11 is 1.48. The minimum absolute atomic E-state index is 0.498. The maximum Gasteiger partial charge on any atom is 0.300 e. The summed E-state index contributed by atoms with van der Waals surface area (Å²) in [7, 11) is 2.03. The first-order valence-corrected chi connectivity index (χ1v) is 8.98. The lowest BCUT2D eigenvalue weighted by atomic mass is 9.97. The van der Waals surface area contributed by atoms with E-state index in [1.54, 1.807) is 0 Å². The average Bonchev–Trinajstić information content (AvgIpc) is 2.88. The third-order valence-electron chi connectivity index (χ3n) is 3.72. The van der Waals surface area contributed by atoms with Gasteiger partial charge in [-0.05, 0) is 57.6 Å². The third kappa shape index (κ3) is 5.79. The Balaban J connectivity index is 0.000000511. The van der Waals surface area contributed by atoms with Crippen LogP contribution in [0.1, 0.15) is 42.9 Å². The van der Waals surface area contributed by atoms with Gasteiger partial charge in [0, 0.05) is 31.3 Å². The zero-order valence-electron chi connectivity index (χ0n) is 15.0. The first-order valence-electron chi connectivity index (χ1n) is 8.16. The molecule has 0 radical (unpaired) electrons. The molecule has 0 aromatic carbocycles. The molecule has 25 heavy (non-hydrogen) atoms. The topological polar surface area (TPSA) is 106 Å². The van der Waals surface area contributed by atoms with Crippen molar-refractivity contribution in [1.29, 1.82) is 0 Å². The summed E-state index contributed by atoms with van der Waals surface area (Å²) in [5.41, 5.74) is 1.96. The van der Waals surface area contributed by atoms with E-state index in [0.717, 1.165) is 60.4 Å². The lowest BCUT2D eigenvalue weighted by Crippen LogP contribution is -2.27. The van der Waals surface area contributed by atoms with E-state index in [4.69, 9.17) is 9.90 Å². The molecule has 1 fully saturated rings. The van der Waals surface area contributed by atoms with Crippen molar-refractivity contribution < 1.29 is 9.90 Å². The molecule has 0 spiro atoms. The molecule has 1 aliphatic heterocycles. The first kappa shape index (κ1) is 19.3. The number of nitrogens with one attached hydrogen (secondary N) is 1. The van der Waals surface area contributed by atoms with Crippen LogP contribution in [0.4, 0.5) is 0 Å². The van der Waals surface area contributed by atoms with Gasteiger partial charge in [-0.15, -0.1) is 10.2 Å². The van der Waals surface area contributed by atoms with Crippen molar-refractivity contribution in [2.24, 2.45) is 7.05 Å². The van der Waals surface area contributed by atoms with E-state index < -0.39 is 5.97 Å². The highest BCUT2D eigenvalue weighted by molar-refractivity contribution is 7.99. The van der Waals surface area contributed by atoms with E-state index in [0.29, 0.717) is 5.92 Å². The number of hydrogen-bond acceptors (Lipinski definition) is 7. The number of nitrogens with zero attached hydrogens (tertiary/aromatic N) is 5. The minimum Gasteiger partial charge on any atom is -0.481 e. The number of aromatic nitrogens is 5. The smallest absolute Gasteiger partial charge is 0.300 e. The number of rotatable bonds is 3. The molecule has 0 saturated carbocycles. The quantitative estimate of drug-likeness (QED) is 0.796. The van der Waals surface area contributed by atoms with Gasteiger partial charge in [-0.3, -0.25) is 4.79 Å². The van der Waals surface area contributed by atoms with Gasteiger partial charge in [0.05, 0.1) is 0 Å². The lowest BCUT2D eigenvalue weighted by molar-refractivity contribution is -0.134. The van der Waals surface area contributed by atoms with Crippen LogP contribution in [0.15, 0.2) is 16.4 Å². The van der Waals surface area contributed by atoms with Gasteiger partial charge in [-0.2, -0.15) is 0 Å². The monoisotopic (exact) mass is 364 g/mol. The predicted octanol–water partition coefficient (Wildman–Crippen LogP) is 1.93. The van der Waals surface area contributed by atoms with Crippen molar-refractivity contribution in [2.75, 3.05) is 13.1 Å². The summed E-state index contributed by atoms with van der Waals surface area (Å²) in [5.74, 6) is 0.738. The fourth-order valence-electron chi connectivity index (χ4n) is 2.67. The number of carbonyl (C=O) groups is 1. The van der Waals surface area contributed by atoms with Crippen LogP contribution < -0.4 is 5.32 Å². The molecule has 2 aromatic rings. The number of aryl methyl sites for hydroxylation is 2. The Hall–Kier alpha value is -2.00. The molecule has 2 N–H and O–H groups in total. The number of hydrogen-bond donors (Lipinski definition) is 2. The first-order chi connectivity index (χ1) is 11.9. The zero-order valence-corrected chi connectivity index (χ0v) is 15.8. The van der Waals surface area contributed by atoms with E-state index in [1.807, 2.05) is 27.0 Å². The van der Waals surface area contributed by atoms with Gasteiger partial charge in [0.25, 0.3) is 5.97 Å². The molecular formula is C16H24N6O2S. The number of piperidine rings is 1. The maximum atomic E-state index is 9.00. The average molecular weight is 364 g/mol. The standard InChI is InChI=1S/C14H20N6S.C2H4O2/c1-9-8-10(2)17-13(16-9)21-14-19-18-12(20(14)3)11-4-6-15-7-5-11;1-2(3)4/h8,11,15H,4-7H2,1-3H3;1H3,(H,3,4). The van der Waals surface area contributed by atoms with Crippen LogP contribution >= 0.6 is 11.8 Å². The highest BCUT2D eigenvalue weighted by Gasteiger charge is 2.22. The van der Waals surface area contributed by atoms with Gasteiger partial charge >= 0.3 is 0 Å². The van der Waals surface area contributed by atoms with Crippen molar-refractivity contribution in [2.45, 2.75) is 49.8 Å². The van der Waals surface area contributed by atoms with Crippen LogP contribution in [0.2, 0.25) is 0 Å². The summed E-state index contributed by atoms with van der Waals surface area (Å²) in [6.07, 6.45) is 2.24. The molecule has 9 heteroatoms. The van der Waals surface area contributed by atoms with Crippen molar-refractivity contribution >= 4 is 17.7 Å². The van der Waals surface area contributed by atoms with Gasteiger partial charge < -0.3 is 15.0 Å².